The van der Waals surface area contributed by atoms with Gasteiger partial charge in [-0.2, -0.15) is 0 Å². The smallest absolute Gasteiger partial charge is 1.00 e. The van der Waals surface area contributed by atoms with Crippen LogP contribution >= 0.6 is 0 Å². The van der Waals surface area contributed by atoms with Crippen LogP contribution in [0.1, 0.15) is 9.78 Å². The summed E-state index contributed by atoms with van der Waals surface area (Å²) in [6.07, 6.45) is -0.667. The summed E-state index contributed by atoms with van der Waals surface area (Å²) >= 11 is 0. The fraction of sp³-hybridized carbons (Fsp3) is 1.00. The zero-order valence-electron chi connectivity index (χ0n) is 5.31. The Kier molecular flexibility index (Phi) is 10.7. The van der Waals surface area contributed by atoms with Gasteiger partial charge in [0.25, 0.3) is 0 Å². The number of nitrogens with two attached hydrogens (primary N) is 1. The predicted octanol–water partition coefficient (Wildman–Crippen LogP) is -0.872. The summed E-state index contributed by atoms with van der Waals surface area (Å²) < 4.78 is 0. The molecule has 5 heavy (non-hydrogen) atoms. The van der Waals surface area contributed by atoms with Crippen molar-refractivity contribution in [2.24, 2.45) is 5.73 Å². The second-order valence-electron chi connectivity index (χ2n) is 0.741. The van der Waals surface area contributed by atoms with Gasteiger partial charge in [0, 0.05) is 0 Å². The molecule has 0 aliphatic carbocycles. The third-order valence-electron chi connectivity index (χ3n) is 0. The van der Waals surface area contributed by atoms with E-state index in [2.05, 4.69) is 5.73 Å². The van der Waals surface area contributed by atoms with Gasteiger partial charge in [0.1, 0.15) is 0 Å². The molecule has 0 radical (unpaired) electrons. The Morgan fingerprint density at radius 3 is 2.00 bits per heavy atom. The van der Waals surface area contributed by atoms with Crippen molar-refractivity contribution in [3.63, 3.8) is 0 Å². The van der Waals surface area contributed by atoms with Crippen LogP contribution in [0.15, 0.2) is 0 Å². The molecule has 30 valence electrons. The van der Waals surface area contributed by atoms with Crippen LogP contribution in [0.5, 0.6) is 0 Å². The van der Waals surface area contributed by atoms with Crippen molar-refractivity contribution in [2.45, 2.75) is 13.2 Å². The largest absolute Gasteiger partial charge is 2.00 e. The Morgan fingerprint density at radius 2 is 2.00 bits per heavy atom. The van der Waals surface area contributed by atoms with Crippen molar-refractivity contribution in [1.82, 2.24) is 0 Å². The van der Waals surface area contributed by atoms with Gasteiger partial charge in [-0.15, -0.1) is 0 Å². The van der Waals surface area contributed by atoms with Crippen LogP contribution in [-0.2, 0) is 0 Å². The van der Waals surface area contributed by atoms with Gasteiger partial charge in [-0.25, -0.2) is 0 Å². The summed E-state index contributed by atoms with van der Waals surface area (Å²) in [4.78, 5) is 0. The van der Waals surface area contributed by atoms with E-state index in [1.54, 1.807) is 0 Å². The minimum absolute atomic E-state index is 0. The molecule has 0 amide bonds. The summed E-state index contributed by atoms with van der Waals surface area (Å²) in [5, 5.41) is 7.83. The molecule has 0 saturated heterocycles. The summed E-state index contributed by atoms with van der Waals surface area (Å²) in [6, 6.07) is 0. The first-order valence-electron chi connectivity index (χ1n) is 1.17. The van der Waals surface area contributed by atoms with E-state index in [1.807, 2.05) is 0 Å². The van der Waals surface area contributed by atoms with E-state index in [0.29, 0.717) is 0 Å². The van der Waals surface area contributed by atoms with Gasteiger partial charge in [0.05, 0.1) is 6.23 Å². The van der Waals surface area contributed by atoms with E-state index in [0.717, 1.165) is 0 Å². The first kappa shape index (κ1) is 9.70. The van der Waals surface area contributed by atoms with Crippen LogP contribution in [0.3, 0.4) is 0 Å². The first-order valence-corrected chi connectivity index (χ1v) is 1.17. The van der Waals surface area contributed by atoms with Crippen LogP contribution in [0, 0.1) is 0 Å². The second kappa shape index (κ2) is 5.49. The molecule has 3 heteroatoms. The predicted molar refractivity (Wildman–Crippen MR) is 23.8 cm³/mol. The number of hydrogen-bond acceptors (Lipinski definition) is 2. The molecule has 2 nitrogen and oxygen atoms in total. The maximum atomic E-state index is 7.83. The molecule has 0 saturated carbocycles. The number of aliphatic hydroxyl groups excluding tert-OH is 1. The van der Waals surface area contributed by atoms with Crippen LogP contribution in [0.25, 0.3) is 0 Å². The fourth-order valence-corrected chi connectivity index (χ4v) is 0. The van der Waals surface area contributed by atoms with Gasteiger partial charge in [0.2, 0.25) is 0 Å². The van der Waals surface area contributed by atoms with Crippen molar-refractivity contribution >= 4 is 48.9 Å². The third-order valence-corrected chi connectivity index (χ3v) is 0. The Hall–Kier alpha value is 1.49. The molecule has 0 aliphatic rings. The Bertz CT molecular complexity index is 20.4. The summed E-state index contributed by atoms with van der Waals surface area (Å²) in [6.45, 7) is 1.50. The molecule has 0 rings (SSSR count). The molecule has 0 spiro atoms. The van der Waals surface area contributed by atoms with E-state index in [4.69, 9.17) is 5.11 Å². The third kappa shape index (κ3) is 30.1. The maximum Gasteiger partial charge on any atom is 2.00 e. The molecule has 0 aliphatic heterocycles. The fourth-order valence-electron chi connectivity index (χ4n) is 0. The van der Waals surface area contributed by atoms with Crippen molar-refractivity contribution in [1.29, 1.82) is 0 Å². The topological polar surface area (TPSA) is 46.2 Å². The van der Waals surface area contributed by atoms with Gasteiger partial charge in [-0.05, 0) is 6.92 Å². The summed E-state index contributed by atoms with van der Waals surface area (Å²) in [5.41, 5.74) is 4.67. The zero-order valence-corrected chi connectivity index (χ0v) is 7.75. The Labute approximate surface area is 74.8 Å². The van der Waals surface area contributed by atoms with Gasteiger partial charge in [0.15, 0.2) is 0 Å². The molecule has 1 unspecified atom stereocenters. The van der Waals surface area contributed by atoms with E-state index >= 15 is 0 Å². The quantitative estimate of drug-likeness (QED) is 0.394. The SMILES string of the molecule is CC(N)O.[Ba+2].[H-].[H-]. The van der Waals surface area contributed by atoms with Crippen LogP contribution in [-0.4, -0.2) is 60.2 Å². The number of rotatable bonds is 0. The van der Waals surface area contributed by atoms with Gasteiger partial charge in [-0.3, -0.25) is 0 Å². The molecule has 0 heterocycles. The monoisotopic (exact) mass is 201 g/mol. The van der Waals surface area contributed by atoms with Crippen molar-refractivity contribution in [3.8, 4) is 0 Å². The van der Waals surface area contributed by atoms with Crippen molar-refractivity contribution in [2.75, 3.05) is 0 Å². The maximum absolute atomic E-state index is 7.83. The first-order chi connectivity index (χ1) is 1.73. The molecule has 0 aromatic heterocycles. The summed E-state index contributed by atoms with van der Waals surface area (Å²) in [7, 11) is 0. The Morgan fingerprint density at radius 1 is 2.00 bits per heavy atom. The van der Waals surface area contributed by atoms with Crippen molar-refractivity contribution in [3.05, 3.63) is 0 Å². The van der Waals surface area contributed by atoms with E-state index in [1.165, 1.54) is 6.92 Å². The van der Waals surface area contributed by atoms with E-state index in [-0.39, 0.29) is 51.7 Å². The molecular weight excluding hydrogens is 191 g/mol. The number of aliphatic hydroxyl groups is 1. The second-order valence-corrected chi connectivity index (χ2v) is 0.741. The molecule has 0 fully saturated rings. The Balaban J connectivity index is -0.0000000150. The van der Waals surface area contributed by atoms with Crippen LogP contribution < -0.4 is 5.73 Å². The summed E-state index contributed by atoms with van der Waals surface area (Å²) in [5.74, 6) is 0. The van der Waals surface area contributed by atoms with Gasteiger partial charge < -0.3 is 13.7 Å². The molecule has 0 aromatic carbocycles. The van der Waals surface area contributed by atoms with Crippen LogP contribution in [0.2, 0.25) is 0 Å². The van der Waals surface area contributed by atoms with Crippen LogP contribution in [0.4, 0.5) is 0 Å². The average molecular weight is 200 g/mol. The molecule has 0 bridgehead atoms. The number of hydrogen-bond donors (Lipinski definition) is 2. The van der Waals surface area contributed by atoms with E-state index < -0.39 is 6.23 Å². The molecular formula is C2H9BaNO. The van der Waals surface area contributed by atoms with Gasteiger partial charge >= 0.3 is 48.9 Å². The molecule has 0 aromatic rings. The van der Waals surface area contributed by atoms with Gasteiger partial charge in [-0.1, -0.05) is 0 Å². The minimum atomic E-state index is -0.667. The zero-order chi connectivity index (χ0) is 3.58. The molecule has 3 N–H and O–H groups in total. The normalized spacial score (nSPS) is 12.6. The standard InChI is InChI=1S/C2H7NO.Ba.2H/c1-2(3)4;;;/h2,4H,3H2,1H3;;;/q;+2;2*-1. The van der Waals surface area contributed by atoms with E-state index in [9.17, 15) is 0 Å². The average Bonchev–Trinajstić information content (AvgIpc) is 0.811. The minimum Gasteiger partial charge on any atom is -1.00 e. The molecule has 1 atom stereocenters. The van der Waals surface area contributed by atoms with Crippen molar-refractivity contribution < 1.29 is 7.96 Å².